The molecule has 5 aliphatic rings. The van der Waals surface area contributed by atoms with Crippen molar-refractivity contribution in [3.8, 4) is 0 Å². The quantitative estimate of drug-likeness (QED) is 0.672. The van der Waals surface area contributed by atoms with Gasteiger partial charge in [0, 0.05) is 0 Å². The Bertz CT molecular complexity index is 514. The third-order valence-corrected chi connectivity index (χ3v) is 8.65. The first-order chi connectivity index (χ1) is 10.0. The number of rotatable bonds is 0. The summed E-state index contributed by atoms with van der Waals surface area (Å²) in [7, 11) is 0. The predicted molar refractivity (Wildman–Crippen MR) is 81.5 cm³/mol. The predicted octanol–water partition coefficient (Wildman–Crippen LogP) is 3.28. The van der Waals surface area contributed by atoms with E-state index in [-0.39, 0.29) is 17.6 Å². The minimum absolute atomic E-state index is 0.0658. The second-order valence-corrected chi connectivity index (χ2v) is 9.17. The molecular formula is C19H28O2. The Hall–Kier alpha value is -0.340. The number of allylic oxidation sites excluding steroid dienone is 2. The third kappa shape index (κ3) is 1.38. The van der Waals surface area contributed by atoms with E-state index in [2.05, 4.69) is 19.1 Å². The molecule has 5 rings (SSSR count). The smallest absolute Gasteiger partial charge is 0.0596 e. The second-order valence-electron chi connectivity index (χ2n) is 9.17. The highest BCUT2D eigenvalue weighted by atomic mass is 16.3. The van der Waals surface area contributed by atoms with Crippen LogP contribution in [-0.4, -0.2) is 22.4 Å². The number of hydrogen-bond acceptors (Lipinski definition) is 2. The van der Waals surface area contributed by atoms with Crippen LogP contribution in [0.4, 0.5) is 0 Å². The molecular weight excluding hydrogens is 260 g/mol. The van der Waals surface area contributed by atoms with Crippen molar-refractivity contribution < 1.29 is 10.2 Å². The summed E-state index contributed by atoms with van der Waals surface area (Å²) in [6, 6.07) is 0. The van der Waals surface area contributed by atoms with E-state index in [0.29, 0.717) is 22.7 Å². The highest BCUT2D eigenvalue weighted by Crippen LogP contribution is 2.80. The van der Waals surface area contributed by atoms with Gasteiger partial charge in [0.15, 0.2) is 0 Å². The maximum absolute atomic E-state index is 10.5. The number of hydrogen-bond donors (Lipinski definition) is 2. The van der Waals surface area contributed by atoms with Gasteiger partial charge in [-0.25, -0.2) is 0 Å². The van der Waals surface area contributed by atoms with Crippen molar-refractivity contribution in [2.24, 2.45) is 34.0 Å². The first kappa shape index (κ1) is 13.1. The van der Waals surface area contributed by atoms with Crippen LogP contribution < -0.4 is 0 Å². The van der Waals surface area contributed by atoms with Crippen LogP contribution >= 0.6 is 0 Å². The van der Waals surface area contributed by atoms with Gasteiger partial charge in [0.25, 0.3) is 0 Å². The summed E-state index contributed by atoms with van der Waals surface area (Å²) in [4.78, 5) is 0. The molecule has 4 fully saturated rings. The van der Waals surface area contributed by atoms with E-state index in [1.807, 2.05) is 0 Å². The lowest BCUT2D eigenvalue weighted by Gasteiger charge is -2.53. The summed E-state index contributed by atoms with van der Waals surface area (Å²) in [5.74, 6) is 2.23. The average Bonchev–Trinajstić information content (AvgIpc) is 3.05. The Balaban J connectivity index is 1.53. The van der Waals surface area contributed by atoms with E-state index in [0.717, 1.165) is 25.2 Å². The van der Waals surface area contributed by atoms with E-state index >= 15 is 0 Å². The molecule has 0 amide bonds. The van der Waals surface area contributed by atoms with Gasteiger partial charge in [-0.05, 0) is 85.4 Å². The van der Waals surface area contributed by atoms with Crippen molar-refractivity contribution in [2.45, 2.75) is 70.5 Å². The van der Waals surface area contributed by atoms with E-state index < -0.39 is 0 Å². The SMILES string of the molecule is C[C@]12CC[C@H]3[C@@H](C=C[C@]45C[C@@H](O)CC[C@]34C5)[C@@H]1CC[C@@H]2O. The van der Waals surface area contributed by atoms with E-state index in [4.69, 9.17) is 0 Å². The topological polar surface area (TPSA) is 40.5 Å². The van der Waals surface area contributed by atoms with Gasteiger partial charge in [0.05, 0.1) is 12.2 Å². The number of aliphatic hydroxyl groups is 2. The first-order valence-electron chi connectivity index (χ1n) is 9.06. The summed E-state index contributed by atoms with van der Waals surface area (Å²) in [5, 5.41) is 20.5. The molecule has 0 aromatic rings. The molecule has 2 nitrogen and oxygen atoms in total. The van der Waals surface area contributed by atoms with Crippen molar-refractivity contribution in [1.82, 2.24) is 0 Å². The number of aliphatic hydroxyl groups excluding tert-OH is 2. The van der Waals surface area contributed by atoms with Crippen LogP contribution in [0.1, 0.15) is 58.3 Å². The molecule has 0 aromatic heterocycles. The molecule has 0 aromatic carbocycles. The van der Waals surface area contributed by atoms with Crippen LogP contribution in [0.25, 0.3) is 0 Å². The van der Waals surface area contributed by atoms with Crippen LogP contribution in [0.15, 0.2) is 12.2 Å². The van der Waals surface area contributed by atoms with Crippen LogP contribution in [0.5, 0.6) is 0 Å². The Kier molecular flexibility index (Phi) is 2.35. The Morgan fingerprint density at radius 3 is 2.71 bits per heavy atom. The third-order valence-electron chi connectivity index (χ3n) is 8.65. The molecule has 0 unspecified atom stereocenters. The van der Waals surface area contributed by atoms with Gasteiger partial charge in [-0.1, -0.05) is 19.1 Å². The van der Waals surface area contributed by atoms with Gasteiger partial charge in [0.1, 0.15) is 0 Å². The zero-order valence-electron chi connectivity index (χ0n) is 13.1. The molecule has 0 spiro atoms. The number of fused-ring (bicyclic) bond motifs is 3. The zero-order valence-corrected chi connectivity index (χ0v) is 13.1. The van der Waals surface area contributed by atoms with Gasteiger partial charge >= 0.3 is 0 Å². The summed E-state index contributed by atoms with van der Waals surface area (Å²) in [6.45, 7) is 2.34. The lowest BCUT2D eigenvalue weighted by Crippen LogP contribution is -2.48. The minimum Gasteiger partial charge on any atom is -0.393 e. The van der Waals surface area contributed by atoms with Crippen molar-refractivity contribution >= 4 is 0 Å². The Morgan fingerprint density at radius 1 is 1.00 bits per heavy atom. The fourth-order valence-electron chi connectivity index (χ4n) is 7.43. The molecule has 0 bridgehead atoms. The highest BCUT2D eigenvalue weighted by Gasteiger charge is 2.74. The van der Waals surface area contributed by atoms with Gasteiger partial charge in [-0.2, -0.15) is 0 Å². The normalized spacial score (nSPS) is 64.2. The van der Waals surface area contributed by atoms with E-state index in [9.17, 15) is 10.2 Å². The summed E-state index contributed by atoms with van der Waals surface area (Å²) < 4.78 is 0. The molecule has 2 N–H and O–H groups in total. The Labute approximate surface area is 127 Å². The molecule has 4 saturated carbocycles. The highest BCUT2D eigenvalue weighted by molar-refractivity contribution is 5.33. The van der Waals surface area contributed by atoms with Gasteiger partial charge < -0.3 is 10.2 Å². The second kappa shape index (κ2) is 3.76. The van der Waals surface area contributed by atoms with E-state index in [1.54, 1.807) is 0 Å². The van der Waals surface area contributed by atoms with Gasteiger partial charge in [0.2, 0.25) is 0 Å². The van der Waals surface area contributed by atoms with Crippen molar-refractivity contribution in [3.05, 3.63) is 12.2 Å². The summed E-state index contributed by atoms with van der Waals surface area (Å²) in [6.07, 6.45) is 14.2. The maximum Gasteiger partial charge on any atom is 0.0596 e. The molecule has 0 aliphatic heterocycles. The van der Waals surface area contributed by atoms with Crippen LogP contribution in [0.3, 0.4) is 0 Å². The maximum atomic E-state index is 10.5. The molecule has 0 heterocycles. The van der Waals surface area contributed by atoms with Gasteiger partial charge in [-0.3, -0.25) is 0 Å². The lowest BCUT2D eigenvalue weighted by atomic mass is 9.52. The van der Waals surface area contributed by atoms with Crippen LogP contribution in [0.2, 0.25) is 0 Å². The fourth-order valence-corrected chi connectivity index (χ4v) is 7.43. The van der Waals surface area contributed by atoms with Crippen LogP contribution in [-0.2, 0) is 0 Å². The minimum atomic E-state index is -0.0755. The molecule has 2 heteroatoms. The molecule has 0 radical (unpaired) electrons. The van der Waals surface area contributed by atoms with Crippen LogP contribution in [0, 0.1) is 34.0 Å². The first-order valence-corrected chi connectivity index (χ1v) is 9.06. The summed E-state index contributed by atoms with van der Waals surface area (Å²) >= 11 is 0. The average molecular weight is 288 g/mol. The summed E-state index contributed by atoms with van der Waals surface area (Å²) in [5.41, 5.74) is 1.06. The molecule has 21 heavy (non-hydrogen) atoms. The zero-order chi connectivity index (χ0) is 14.5. The lowest BCUT2D eigenvalue weighted by molar-refractivity contribution is -0.0555. The fraction of sp³-hybridized carbons (Fsp3) is 0.895. The van der Waals surface area contributed by atoms with Crippen molar-refractivity contribution in [3.63, 3.8) is 0 Å². The van der Waals surface area contributed by atoms with Crippen molar-refractivity contribution in [1.29, 1.82) is 0 Å². The van der Waals surface area contributed by atoms with E-state index in [1.165, 1.54) is 32.1 Å². The molecule has 0 saturated heterocycles. The Morgan fingerprint density at radius 2 is 1.86 bits per heavy atom. The van der Waals surface area contributed by atoms with Gasteiger partial charge in [-0.15, -0.1) is 0 Å². The monoisotopic (exact) mass is 288 g/mol. The largest absolute Gasteiger partial charge is 0.393 e. The molecule has 8 atom stereocenters. The van der Waals surface area contributed by atoms with Crippen molar-refractivity contribution in [2.75, 3.05) is 0 Å². The molecule has 116 valence electrons. The molecule has 5 aliphatic carbocycles. The standard InChI is InChI=1S/C19H28O2/c1-17-7-6-15-13(14(17)2-3-16(17)21)5-8-18-10-12(20)4-9-19(15,18)11-18/h5,8,12-16,20-21H,2-4,6-7,9-11H2,1H3/t12-,13-,14-,15-,16-,17-,18+,19-/m0/s1.